The molecule has 10 nitrogen and oxygen atoms in total. The van der Waals surface area contributed by atoms with Gasteiger partial charge in [0.1, 0.15) is 0 Å². The highest BCUT2D eigenvalue weighted by Gasteiger charge is 2.36. The number of carbonyl (C=O) groups is 2. The molecule has 0 radical (unpaired) electrons. The molecule has 0 saturated heterocycles. The zero-order valence-corrected chi connectivity index (χ0v) is 23.5. The Bertz CT molecular complexity index is 1260. The number of aryl methyl sites for hydroxylation is 1. The van der Waals surface area contributed by atoms with E-state index in [0.29, 0.717) is 36.0 Å². The highest BCUT2D eigenvalue weighted by atomic mass is 16.3. The molecule has 0 aliphatic heterocycles. The summed E-state index contributed by atoms with van der Waals surface area (Å²) >= 11 is 0. The molecule has 2 amide bonds. The van der Waals surface area contributed by atoms with Crippen molar-refractivity contribution in [3.63, 3.8) is 0 Å². The standard InChI is InChI=1S/C29H41N7O3/c1-5-10-23-27-33-34-29(35(27)18-24(32-23)22-13-9-14-31-17-22)36(20(3)37)25(16-21-11-7-6-8-12-21)26(38)15-19(2)28(39)30-4/h9,13-14,17-19,21,25-26,38H,5-8,10-12,15-16H2,1-4H3,(H,30,39)/t19-,25-,26-/m0/s1. The summed E-state index contributed by atoms with van der Waals surface area (Å²) in [5, 5.41) is 23.2. The molecule has 3 heterocycles. The van der Waals surface area contributed by atoms with Gasteiger partial charge >= 0.3 is 0 Å². The fraction of sp³-hybridized carbons (Fsp3) is 0.586. The number of aliphatic hydroxyl groups is 1. The number of fused-ring (bicyclic) bond motifs is 1. The summed E-state index contributed by atoms with van der Waals surface area (Å²) in [6.45, 7) is 5.38. The molecule has 2 N–H and O–H groups in total. The maximum absolute atomic E-state index is 13.3. The van der Waals surface area contributed by atoms with Crippen LogP contribution in [-0.4, -0.2) is 60.7 Å². The maximum Gasteiger partial charge on any atom is 0.238 e. The van der Waals surface area contributed by atoms with E-state index in [-0.39, 0.29) is 18.2 Å². The van der Waals surface area contributed by atoms with Gasteiger partial charge in [-0.3, -0.25) is 23.9 Å². The van der Waals surface area contributed by atoms with E-state index in [1.54, 1.807) is 31.3 Å². The summed E-state index contributed by atoms with van der Waals surface area (Å²) in [6, 6.07) is 3.26. The van der Waals surface area contributed by atoms with Gasteiger partial charge in [0.05, 0.1) is 23.5 Å². The first-order valence-corrected chi connectivity index (χ1v) is 14.2. The van der Waals surface area contributed by atoms with Gasteiger partial charge in [-0.1, -0.05) is 52.4 Å². The van der Waals surface area contributed by atoms with Crippen molar-refractivity contribution < 1.29 is 14.7 Å². The third-order valence-corrected chi connectivity index (χ3v) is 7.81. The molecular formula is C29H41N7O3. The summed E-state index contributed by atoms with van der Waals surface area (Å²) in [4.78, 5) is 36.3. The van der Waals surface area contributed by atoms with Crippen LogP contribution in [0.15, 0.2) is 30.7 Å². The quantitative estimate of drug-likeness (QED) is 0.381. The van der Waals surface area contributed by atoms with E-state index in [1.807, 2.05) is 22.7 Å². The van der Waals surface area contributed by atoms with Gasteiger partial charge in [-0.2, -0.15) is 0 Å². The molecule has 0 bridgehead atoms. The SMILES string of the molecule is CCCc1nc(-c2cccnc2)cn2c(N(C(C)=O)[C@@H](CC3CCCCC3)[C@@H](O)C[C@H](C)C(=O)NC)nnc12. The van der Waals surface area contributed by atoms with E-state index in [0.717, 1.165) is 43.4 Å². The lowest BCUT2D eigenvalue weighted by Crippen LogP contribution is -2.49. The Morgan fingerprint density at radius 3 is 2.64 bits per heavy atom. The van der Waals surface area contributed by atoms with Gasteiger partial charge in [0.15, 0.2) is 5.65 Å². The number of aliphatic hydroxyl groups excluding tert-OH is 1. The summed E-state index contributed by atoms with van der Waals surface area (Å²) in [5.41, 5.74) is 2.94. The first-order valence-electron chi connectivity index (χ1n) is 14.2. The lowest BCUT2D eigenvalue weighted by molar-refractivity contribution is -0.125. The van der Waals surface area contributed by atoms with Crippen LogP contribution in [0.25, 0.3) is 16.9 Å². The van der Waals surface area contributed by atoms with E-state index in [1.165, 1.54) is 13.3 Å². The predicted molar refractivity (Wildman–Crippen MR) is 150 cm³/mol. The minimum absolute atomic E-state index is 0.135. The van der Waals surface area contributed by atoms with Crippen LogP contribution in [0, 0.1) is 11.8 Å². The van der Waals surface area contributed by atoms with Crippen LogP contribution in [0.3, 0.4) is 0 Å². The van der Waals surface area contributed by atoms with Crippen molar-refractivity contribution >= 4 is 23.4 Å². The summed E-state index contributed by atoms with van der Waals surface area (Å²) in [7, 11) is 1.59. The molecule has 0 unspecified atom stereocenters. The largest absolute Gasteiger partial charge is 0.391 e. The molecule has 1 aliphatic rings. The maximum atomic E-state index is 13.3. The first kappa shape index (κ1) is 28.6. The Morgan fingerprint density at radius 1 is 1.23 bits per heavy atom. The third kappa shape index (κ3) is 6.61. The van der Waals surface area contributed by atoms with Crippen LogP contribution in [-0.2, 0) is 16.0 Å². The van der Waals surface area contributed by atoms with E-state index < -0.39 is 18.1 Å². The fourth-order valence-corrected chi connectivity index (χ4v) is 5.76. The van der Waals surface area contributed by atoms with Crippen LogP contribution in [0.5, 0.6) is 0 Å². The highest BCUT2D eigenvalue weighted by molar-refractivity contribution is 5.91. The van der Waals surface area contributed by atoms with Crippen LogP contribution >= 0.6 is 0 Å². The van der Waals surface area contributed by atoms with Crippen molar-refractivity contribution in [1.29, 1.82) is 0 Å². The lowest BCUT2D eigenvalue weighted by atomic mass is 9.82. The number of rotatable bonds is 11. The van der Waals surface area contributed by atoms with Gasteiger partial charge in [0, 0.05) is 44.0 Å². The van der Waals surface area contributed by atoms with Crippen molar-refractivity contribution in [3.05, 3.63) is 36.4 Å². The molecule has 0 aromatic carbocycles. The van der Waals surface area contributed by atoms with E-state index in [4.69, 9.17) is 4.98 Å². The van der Waals surface area contributed by atoms with Crippen molar-refractivity contribution in [2.24, 2.45) is 11.8 Å². The van der Waals surface area contributed by atoms with E-state index in [2.05, 4.69) is 27.4 Å². The molecule has 1 fully saturated rings. The van der Waals surface area contributed by atoms with Crippen molar-refractivity contribution in [1.82, 2.24) is 29.9 Å². The van der Waals surface area contributed by atoms with Crippen LogP contribution in [0.2, 0.25) is 0 Å². The summed E-state index contributed by atoms with van der Waals surface area (Å²) < 4.78 is 1.82. The first-order chi connectivity index (χ1) is 18.8. The minimum atomic E-state index is -0.912. The minimum Gasteiger partial charge on any atom is -0.391 e. The molecule has 1 saturated carbocycles. The predicted octanol–water partition coefficient (Wildman–Crippen LogP) is 3.96. The van der Waals surface area contributed by atoms with Crippen LogP contribution in [0.1, 0.15) is 77.8 Å². The number of hydrogen-bond donors (Lipinski definition) is 2. The Kier molecular flexibility index (Phi) is 9.61. The molecule has 1 aliphatic carbocycles. The molecule has 3 aromatic rings. The van der Waals surface area contributed by atoms with E-state index in [9.17, 15) is 14.7 Å². The molecule has 4 rings (SSSR count). The van der Waals surface area contributed by atoms with Gasteiger partial charge in [-0.05, 0) is 37.3 Å². The zero-order valence-electron chi connectivity index (χ0n) is 23.5. The molecule has 39 heavy (non-hydrogen) atoms. The van der Waals surface area contributed by atoms with Gasteiger partial charge < -0.3 is 10.4 Å². The summed E-state index contributed by atoms with van der Waals surface area (Å²) in [6.07, 6.45) is 12.5. The van der Waals surface area contributed by atoms with Crippen LogP contribution in [0.4, 0.5) is 5.95 Å². The molecule has 3 atom stereocenters. The van der Waals surface area contributed by atoms with Crippen molar-refractivity contribution in [3.8, 4) is 11.3 Å². The second-order valence-electron chi connectivity index (χ2n) is 10.8. The van der Waals surface area contributed by atoms with Gasteiger partial charge in [-0.25, -0.2) is 4.98 Å². The number of carbonyl (C=O) groups excluding carboxylic acids is 2. The smallest absolute Gasteiger partial charge is 0.238 e. The average molecular weight is 536 g/mol. The molecular weight excluding hydrogens is 494 g/mol. The Labute approximate surface area is 230 Å². The Hall–Kier alpha value is -3.40. The van der Waals surface area contributed by atoms with Crippen LogP contribution < -0.4 is 10.2 Å². The zero-order chi connectivity index (χ0) is 27.9. The van der Waals surface area contributed by atoms with E-state index >= 15 is 0 Å². The summed E-state index contributed by atoms with van der Waals surface area (Å²) in [5.74, 6) is -0.0223. The number of nitrogens with one attached hydrogen (secondary N) is 1. The third-order valence-electron chi connectivity index (χ3n) is 7.81. The van der Waals surface area contributed by atoms with Gasteiger partial charge in [0.25, 0.3) is 0 Å². The number of amides is 2. The lowest BCUT2D eigenvalue weighted by Gasteiger charge is -2.36. The van der Waals surface area contributed by atoms with Gasteiger partial charge in [-0.15, -0.1) is 10.2 Å². The normalized spacial score (nSPS) is 16.5. The van der Waals surface area contributed by atoms with Crippen molar-refractivity contribution in [2.45, 2.75) is 90.7 Å². The highest BCUT2D eigenvalue weighted by Crippen LogP contribution is 2.33. The molecule has 210 valence electrons. The number of nitrogens with zero attached hydrogens (tertiary/aromatic N) is 6. The second kappa shape index (κ2) is 13.1. The Morgan fingerprint density at radius 2 is 2.00 bits per heavy atom. The number of anilines is 1. The monoisotopic (exact) mass is 535 g/mol. The number of aromatic nitrogens is 5. The second-order valence-corrected chi connectivity index (χ2v) is 10.8. The Balaban J connectivity index is 1.80. The fourth-order valence-electron chi connectivity index (χ4n) is 5.76. The molecule has 0 spiro atoms. The molecule has 10 heteroatoms. The molecule has 3 aromatic heterocycles. The number of hydrogen-bond acceptors (Lipinski definition) is 7. The topological polar surface area (TPSA) is 126 Å². The van der Waals surface area contributed by atoms with Crippen molar-refractivity contribution in [2.75, 3.05) is 11.9 Å². The average Bonchev–Trinajstić information content (AvgIpc) is 3.37. The van der Waals surface area contributed by atoms with Gasteiger partial charge in [0.2, 0.25) is 17.8 Å². The number of pyridine rings is 1.